The van der Waals surface area contributed by atoms with E-state index in [1.807, 2.05) is 25.1 Å². The number of nitrogens with zero attached hydrogens (tertiary/aromatic N) is 1. The largest absolute Gasteiger partial charge is 0.493 e. The van der Waals surface area contributed by atoms with E-state index in [4.69, 9.17) is 9.47 Å². The predicted molar refractivity (Wildman–Crippen MR) is 82.4 cm³/mol. The highest BCUT2D eigenvalue weighted by Crippen LogP contribution is 2.36. The molecule has 4 heteroatoms. The molecule has 21 heavy (non-hydrogen) atoms. The summed E-state index contributed by atoms with van der Waals surface area (Å²) in [6.07, 6.45) is 3.96. The van der Waals surface area contributed by atoms with E-state index in [1.165, 1.54) is 0 Å². The lowest BCUT2D eigenvalue weighted by Gasteiger charge is -2.45. The maximum absolute atomic E-state index is 10.4. The second-order valence-electron chi connectivity index (χ2n) is 5.68. The van der Waals surface area contributed by atoms with Gasteiger partial charge in [-0.1, -0.05) is 6.07 Å². The van der Waals surface area contributed by atoms with Crippen molar-refractivity contribution >= 4 is 6.08 Å². The van der Waals surface area contributed by atoms with E-state index in [0.29, 0.717) is 12.5 Å². The van der Waals surface area contributed by atoms with Crippen LogP contribution in [0.2, 0.25) is 0 Å². The smallest absolute Gasteiger partial charge is 0.161 e. The third-order valence-corrected chi connectivity index (χ3v) is 4.46. The lowest BCUT2D eigenvalue weighted by molar-refractivity contribution is 0.0215. The fraction of sp³-hybridized carbons (Fsp3) is 0.529. The Labute approximate surface area is 126 Å². The second-order valence-corrected chi connectivity index (χ2v) is 5.68. The number of piperidine rings is 3. The van der Waals surface area contributed by atoms with Crippen LogP contribution in [0, 0.1) is 5.92 Å². The molecule has 1 aromatic rings. The molecule has 0 radical (unpaired) electrons. The number of benzene rings is 1. The second kappa shape index (κ2) is 5.98. The summed E-state index contributed by atoms with van der Waals surface area (Å²) >= 11 is 0. The molecule has 114 valence electrons. The van der Waals surface area contributed by atoms with Gasteiger partial charge in [-0.25, -0.2) is 0 Å². The highest BCUT2D eigenvalue weighted by Gasteiger charge is 2.36. The van der Waals surface area contributed by atoms with Gasteiger partial charge < -0.3 is 19.5 Å². The molecule has 0 unspecified atom stereocenters. The molecule has 0 spiro atoms. The molecular weight excluding hydrogens is 266 g/mol. The first-order chi connectivity index (χ1) is 10.2. The number of fused-ring (bicyclic) bond motifs is 3. The van der Waals surface area contributed by atoms with Gasteiger partial charge in [0.15, 0.2) is 11.5 Å². The Morgan fingerprint density at radius 1 is 1.29 bits per heavy atom. The first-order valence-electron chi connectivity index (χ1n) is 7.68. The summed E-state index contributed by atoms with van der Waals surface area (Å²) in [5.41, 5.74) is 2.09. The molecule has 4 rings (SSSR count). The molecule has 1 aromatic carbocycles. The minimum absolute atomic E-state index is 0.329. The van der Waals surface area contributed by atoms with E-state index < -0.39 is 0 Å². The summed E-state index contributed by atoms with van der Waals surface area (Å²) in [5.74, 6) is 1.91. The number of hydrogen-bond acceptors (Lipinski definition) is 4. The van der Waals surface area contributed by atoms with E-state index >= 15 is 0 Å². The number of rotatable bonds is 4. The minimum atomic E-state index is -0.329. The Morgan fingerprint density at radius 3 is 2.67 bits per heavy atom. The fourth-order valence-electron chi connectivity index (χ4n) is 3.30. The summed E-state index contributed by atoms with van der Waals surface area (Å²) < 4.78 is 10.9. The summed E-state index contributed by atoms with van der Waals surface area (Å²) in [6, 6.07) is 5.90. The van der Waals surface area contributed by atoms with Gasteiger partial charge in [0.05, 0.1) is 19.8 Å². The van der Waals surface area contributed by atoms with Gasteiger partial charge in [0.1, 0.15) is 0 Å². The molecule has 0 saturated carbocycles. The van der Waals surface area contributed by atoms with Crippen molar-refractivity contribution < 1.29 is 14.6 Å². The maximum Gasteiger partial charge on any atom is 0.161 e. The zero-order valence-electron chi connectivity index (χ0n) is 12.7. The summed E-state index contributed by atoms with van der Waals surface area (Å²) in [5, 5.41) is 10.4. The van der Waals surface area contributed by atoms with E-state index in [1.54, 1.807) is 7.11 Å². The van der Waals surface area contributed by atoms with Crippen molar-refractivity contribution in [2.75, 3.05) is 26.8 Å². The quantitative estimate of drug-likeness (QED) is 0.925. The van der Waals surface area contributed by atoms with E-state index in [2.05, 4.69) is 11.0 Å². The first-order valence-corrected chi connectivity index (χ1v) is 7.68. The fourth-order valence-corrected chi connectivity index (χ4v) is 3.30. The van der Waals surface area contributed by atoms with Gasteiger partial charge in [-0.15, -0.1) is 0 Å². The SMILES string of the molecule is CCOc1cc(/C=C2/[C@H](O)C3CCN2CC3)ccc1OC. The normalized spacial score (nSPS) is 26.2. The van der Waals surface area contributed by atoms with Crippen molar-refractivity contribution in [3.63, 3.8) is 0 Å². The summed E-state index contributed by atoms with van der Waals surface area (Å²) in [6.45, 7) is 4.68. The van der Waals surface area contributed by atoms with Crippen LogP contribution in [0.3, 0.4) is 0 Å². The monoisotopic (exact) mass is 289 g/mol. The molecule has 1 N–H and O–H groups in total. The van der Waals surface area contributed by atoms with Gasteiger partial charge >= 0.3 is 0 Å². The highest BCUT2D eigenvalue weighted by molar-refractivity contribution is 5.59. The molecule has 4 nitrogen and oxygen atoms in total. The third-order valence-electron chi connectivity index (χ3n) is 4.46. The van der Waals surface area contributed by atoms with Crippen LogP contribution in [0.25, 0.3) is 6.08 Å². The summed E-state index contributed by atoms with van der Waals surface area (Å²) in [4.78, 5) is 2.30. The van der Waals surface area contributed by atoms with Crippen LogP contribution >= 0.6 is 0 Å². The molecule has 3 fully saturated rings. The van der Waals surface area contributed by atoms with Crippen LogP contribution in [-0.4, -0.2) is 42.9 Å². The van der Waals surface area contributed by atoms with Crippen LogP contribution < -0.4 is 9.47 Å². The molecule has 3 aliphatic rings. The van der Waals surface area contributed by atoms with Crippen LogP contribution in [0.1, 0.15) is 25.3 Å². The number of aliphatic hydroxyl groups is 1. The average Bonchev–Trinajstić information content (AvgIpc) is 2.52. The Kier molecular flexibility index (Phi) is 4.06. The van der Waals surface area contributed by atoms with E-state index in [9.17, 15) is 5.11 Å². The lowest BCUT2D eigenvalue weighted by atomic mass is 9.83. The molecule has 0 amide bonds. The minimum Gasteiger partial charge on any atom is -0.493 e. The lowest BCUT2D eigenvalue weighted by Crippen LogP contribution is -2.48. The summed E-state index contributed by atoms with van der Waals surface area (Å²) in [7, 11) is 1.64. The van der Waals surface area contributed by atoms with Crippen molar-refractivity contribution in [3.05, 3.63) is 29.5 Å². The first kappa shape index (κ1) is 14.3. The molecule has 2 bridgehead atoms. The number of hydrogen-bond donors (Lipinski definition) is 1. The van der Waals surface area contributed by atoms with E-state index in [0.717, 1.165) is 48.7 Å². The Balaban J connectivity index is 1.90. The molecule has 3 saturated heterocycles. The molecule has 1 atom stereocenters. The van der Waals surface area contributed by atoms with Gasteiger partial charge in [-0.2, -0.15) is 0 Å². The maximum atomic E-state index is 10.4. The van der Waals surface area contributed by atoms with Crippen molar-refractivity contribution in [2.45, 2.75) is 25.9 Å². The van der Waals surface area contributed by atoms with Gasteiger partial charge in [0.2, 0.25) is 0 Å². The number of ether oxygens (including phenoxy) is 2. The molecule has 0 aromatic heterocycles. The van der Waals surface area contributed by atoms with Crippen molar-refractivity contribution in [1.82, 2.24) is 4.90 Å². The molecular formula is C17H23NO3. The van der Waals surface area contributed by atoms with E-state index in [-0.39, 0.29) is 6.10 Å². The number of aliphatic hydroxyl groups excluding tert-OH is 1. The zero-order chi connectivity index (χ0) is 14.8. The van der Waals surface area contributed by atoms with Crippen molar-refractivity contribution in [1.29, 1.82) is 0 Å². The van der Waals surface area contributed by atoms with Crippen LogP contribution in [0.15, 0.2) is 23.9 Å². The van der Waals surface area contributed by atoms with Crippen LogP contribution in [-0.2, 0) is 0 Å². The highest BCUT2D eigenvalue weighted by atomic mass is 16.5. The average molecular weight is 289 g/mol. The Hall–Kier alpha value is -1.68. The predicted octanol–water partition coefficient (Wildman–Crippen LogP) is 2.52. The third kappa shape index (κ3) is 2.72. The molecule has 3 heterocycles. The molecule has 3 aliphatic heterocycles. The van der Waals surface area contributed by atoms with Gasteiger partial charge in [-0.05, 0) is 49.5 Å². The van der Waals surface area contributed by atoms with Gasteiger partial charge in [0.25, 0.3) is 0 Å². The number of methoxy groups -OCH3 is 1. The van der Waals surface area contributed by atoms with Crippen molar-refractivity contribution in [2.24, 2.45) is 5.92 Å². The molecule has 0 aliphatic carbocycles. The van der Waals surface area contributed by atoms with Crippen LogP contribution in [0.5, 0.6) is 11.5 Å². The Morgan fingerprint density at radius 2 is 2.05 bits per heavy atom. The van der Waals surface area contributed by atoms with Crippen LogP contribution in [0.4, 0.5) is 0 Å². The standard InChI is InChI=1S/C17H23NO3/c1-3-21-16-11-12(4-5-15(16)20-2)10-14-17(19)13-6-8-18(14)9-7-13/h4-5,10-11,13,17,19H,3,6-9H2,1-2H3/b14-10-/t17-/m1/s1. The van der Waals surface area contributed by atoms with Crippen molar-refractivity contribution in [3.8, 4) is 11.5 Å². The van der Waals surface area contributed by atoms with Gasteiger partial charge in [0, 0.05) is 18.8 Å². The Bertz CT molecular complexity index is 529. The zero-order valence-corrected chi connectivity index (χ0v) is 12.7. The van der Waals surface area contributed by atoms with Gasteiger partial charge in [-0.3, -0.25) is 0 Å². The topological polar surface area (TPSA) is 41.9 Å².